The van der Waals surface area contributed by atoms with Crippen molar-refractivity contribution in [2.45, 2.75) is 39.7 Å². The summed E-state index contributed by atoms with van der Waals surface area (Å²) >= 11 is 0. The molecule has 0 spiro atoms. The normalized spacial score (nSPS) is 27.9. The van der Waals surface area contributed by atoms with Crippen molar-refractivity contribution in [1.82, 2.24) is 4.90 Å². The fourth-order valence-electron chi connectivity index (χ4n) is 3.50. The van der Waals surface area contributed by atoms with Crippen LogP contribution in [-0.2, 0) is 0 Å². The monoisotopic (exact) mass is 244 g/mol. The molecule has 0 bridgehead atoms. The van der Waals surface area contributed by atoms with Gasteiger partial charge in [-0.1, -0.05) is 13.0 Å². The van der Waals surface area contributed by atoms with Crippen LogP contribution in [-0.4, -0.2) is 24.5 Å². The molecule has 0 amide bonds. The Morgan fingerprint density at radius 2 is 1.78 bits per heavy atom. The number of rotatable bonds is 1. The van der Waals surface area contributed by atoms with Crippen LogP contribution in [0.3, 0.4) is 0 Å². The molecule has 1 N–H and O–H groups in total. The van der Waals surface area contributed by atoms with Gasteiger partial charge in [0.1, 0.15) is 0 Å². The van der Waals surface area contributed by atoms with E-state index in [1.807, 2.05) is 0 Å². The Morgan fingerprint density at radius 1 is 1.11 bits per heavy atom. The third-order valence-corrected chi connectivity index (χ3v) is 4.67. The predicted molar refractivity (Wildman–Crippen MR) is 77.1 cm³/mol. The summed E-state index contributed by atoms with van der Waals surface area (Å²) in [4.78, 5) is 2.69. The van der Waals surface area contributed by atoms with E-state index in [4.69, 9.17) is 0 Å². The summed E-state index contributed by atoms with van der Waals surface area (Å²) in [6.45, 7) is 10.5. The standard InChI is InChI=1S/C16H24N2/c1-11-8-14-15(9-12(11)2)17-10-13(3)16(14)18-6-4-5-7-18/h8-9,13,16-17H,4-7,10H2,1-3H3. The summed E-state index contributed by atoms with van der Waals surface area (Å²) in [5, 5.41) is 3.61. The van der Waals surface area contributed by atoms with Gasteiger partial charge in [-0.15, -0.1) is 0 Å². The smallest absolute Gasteiger partial charge is 0.0410 e. The van der Waals surface area contributed by atoms with E-state index in [1.165, 1.54) is 48.3 Å². The molecule has 2 heterocycles. The highest BCUT2D eigenvalue weighted by molar-refractivity contribution is 5.58. The maximum atomic E-state index is 3.61. The Hall–Kier alpha value is -1.02. The van der Waals surface area contributed by atoms with E-state index in [0.29, 0.717) is 12.0 Å². The van der Waals surface area contributed by atoms with E-state index in [2.05, 4.69) is 43.1 Å². The second-order valence-electron chi connectivity index (χ2n) is 6.07. The van der Waals surface area contributed by atoms with Crippen LogP contribution >= 0.6 is 0 Å². The molecule has 1 aromatic rings. The molecular weight excluding hydrogens is 220 g/mol. The van der Waals surface area contributed by atoms with Gasteiger partial charge in [0, 0.05) is 18.3 Å². The number of benzene rings is 1. The zero-order valence-electron chi connectivity index (χ0n) is 11.8. The van der Waals surface area contributed by atoms with Gasteiger partial charge in [-0.05, 0) is 68.5 Å². The zero-order valence-corrected chi connectivity index (χ0v) is 11.8. The quantitative estimate of drug-likeness (QED) is 0.813. The Labute approximate surface area is 110 Å². The summed E-state index contributed by atoms with van der Waals surface area (Å²) in [6.07, 6.45) is 2.74. The highest BCUT2D eigenvalue weighted by Gasteiger charge is 2.32. The highest BCUT2D eigenvalue weighted by atomic mass is 15.2. The van der Waals surface area contributed by atoms with Crippen LogP contribution < -0.4 is 5.32 Å². The molecule has 2 unspecified atom stereocenters. The number of nitrogens with zero attached hydrogens (tertiary/aromatic N) is 1. The van der Waals surface area contributed by atoms with Gasteiger partial charge in [-0.2, -0.15) is 0 Å². The fourth-order valence-corrected chi connectivity index (χ4v) is 3.50. The molecule has 2 aliphatic rings. The molecule has 1 aromatic carbocycles. The number of hydrogen-bond acceptors (Lipinski definition) is 2. The van der Waals surface area contributed by atoms with Crippen molar-refractivity contribution in [3.63, 3.8) is 0 Å². The van der Waals surface area contributed by atoms with Crippen LogP contribution in [0.25, 0.3) is 0 Å². The first kappa shape index (κ1) is 12.0. The third kappa shape index (κ3) is 1.93. The molecule has 18 heavy (non-hydrogen) atoms. The molecule has 2 nitrogen and oxygen atoms in total. The minimum Gasteiger partial charge on any atom is -0.384 e. The van der Waals surface area contributed by atoms with E-state index in [0.717, 1.165) is 6.54 Å². The molecule has 0 aliphatic carbocycles. The number of likely N-dealkylation sites (tertiary alicyclic amines) is 1. The van der Waals surface area contributed by atoms with Crippen molar-refractivity contribution < 1.29 is 0 Å². The second kappa shape index (κ2) is 4.58. The minimum atomic E-state index is 0.628. The fraction of sp³-hybridized carbons (Fsp3) is 0.625. The average molecular weight is 244 g/mol. The topological polar surface area (TPSA) is 15.3 Å². The van der Waals surface area contributed by atoms with Gasteiger partial charge >= 0.3 is 0 Å². The highest BCUT2D eigenvalue weighted by Crippen LogP contribution is 2.40. The van der Waals surface area contributed by atoms with Gasteiger partial charge in [0.15, 0.2) is 0 Å². The number of anilines is 1. The van der Waals surface area contributed by atoms with Crippen LogP contribution in [0.5, 0.6) is 0 Å². The lowest BCUT2D eigenvalue weighted by Gasteiger charge is -2.39. The second-order valence-corrected chi connectivity index (χ2v) is 6.07. The molecule has 0 saturated carbocycles. The molecule has 1 saturated heterocycles. The zero-order chi connectivity index (χ0) is 12.7. The van der Waals surface area contributed by atoms with Crippen molar-refractivity contribution in [1.29, 1.82) is 0 Å². The first-order chi connectivity index (χ1) is 8.66. The molecule has 0 aromatic heterocycles. The average Bonchev–Trinajstić information content (AvgIpc) is 2.85. The molecule has 2 atom stereocenters. The van der Waals surface area contributed by atoms with Gasteiger partial charge in [0.2, 0.25) is 0 Å². The van der Waals surface area contributed by atoms with E-state index >= 15 is 0 Å². The third-order valence-electron chi connectivity index (χ3n) is 4.67. The molecule has 0 radical (unpaired) electrons. The summed E-state index contributed by atoms with van der Waals surface area (Å²) in [7, 11) is 0. The van der Waals surface area contributed by atoms with Crippen molar-refractivity contribution in [2.24, 2.45) is 5.92 Å². The largest absolute Gasteiger partial charge is 0.384 e. The lowest BCUT2D eigenvalue weighted by Crippen LogP contribution is -2.37. The lowest BCUT2D eigenvalue weighted by atomic mass is 9.86. The first-order valence-corrected chi connectivity index (χ1v) is 7.26. The summed E-state index contributed by atoms with van der Waals surface area (Å²) < 4.78 is 0. The Balaban J connectivity index is 2.02. The Morgan fingerprint density at radius 3 is 2.50 bits per heavy atom. The van der Waals surface area contributed by atoms with Crippen LogP contribution in [0, 0.1) is 19.8 Å². The van der Waals surface area contributed by atoms with Crippen LogP contribution in [0.15, 0.2) is 12.1 Å². The van der Waals surface area contributed by atoms with E-state index in [1.54, 1.807) is 0 Å². The van der Waals surface area contributed by atoms with Gasteiger partial charge in [0.05, 0.1) is 0 Å². The number of fused-ring (bicyclic) bond motifs is 1. The summed E-state index contributed by atoms with van der Waals surface area (Å²) in [5.41, 5.74) is 5.72. The summed E-state index contributed by atoms with van der Waals surface area (Å²) in [5.74, 6) is 0.706. The Bertz CT molecular complexity index is 447. The molecule has 3 rings (SSSR count). The van der Waals surface area contributed by atoms with Gasteiger partial charge < -0.3 is 5.32 Å². The van der Waals surface area contributed by atoms with Gasteiger partial charge in [0.25, 0.3) is 0 Å². The van der Waals surface area contributed by atoms with E-state index < -0.39 is 0 Å². The number of hydrogen-bond donors (Lipinski definition) is 1. The molecule has 1 fully saturated rings. The van der Waals surface area contributed by atoms with Crippen molar-refractivity contribution in [3.8, 4) is 0 Å². The van der Waals surface area contributed by atoms with Crippen LogP contribution in [0.4, 0.5) is 5.69 Å². The van der Waals surface area contributed by atoms with Crippen LogP contribution in [0.2, 0.25) is 0 Å². The van der Waals surface area contributed by atoms with E-state index in [9.17, 15) is 0 Å². The van der Waals surface area contributed by atoms with Crippen molar-refractivity contribution >= 4 is 5.69 Å². The first-order valence-electron chi connectivity index (χ1n) is 7.26. The maximum absolute atomic E-state index is 3.61. The molecule has 98 valence electrons. The lowest BCUT2D eigenvalue weighted by molar-refractivity contribution is 0.185. The maximum Gasteiger partial charge on any atom is 0.0410 e. The van der Waals surface area contributed by atoms with Gasteiger partial charge in [-0.25, -0.2) is 0 Å². The number of nitrogens with one attached hydrogen (secondary N) is 1. The molecular formula is C16H24N2. The van der Waals surface area contributed by atoms with Gasteiger partial charge in [-0.3, -0.25) is 4.90 Å². The molecule has 2 heteroatoms. The number of aryl methyl sites for hydroxylation is 2. The molecule has 2 aliphatic heterocycles. The predicted octanol–water partition coefficient (Wildman–Crippen LogP) is 3.50. The summed E-state index contributed by atoms with van der Waals surface area (Å²) in [6, 6.07) is 5.37. The van der Waals surface area contributed by atoms with Crippen LogP contribution in [0.1, 0.15) is 42.5 Å². The van der Waals surface area contributed by atoms with Crippen molar-refractivity contribution in [3.05, 3.63) is 28.8 Å². The minimum absolute atomic E-state index is 0.628. The van der Waals surface area contributed by atoms with Crippen molar-refractivity contribution in [2.75, 3.05) is 25.0 Å². The van der Waals surface area contributed by atoms with E-state index in [-0.39, 0.29) is 0 Å². The SMILES string of the molecule is Cc1cc2c(cc1C)C(N1CCCC1)C(C)CN2. The Kier molecular flexibility index (Phi) is 3.06.